The molecule has 0 fully saturated rings. The molecule has 2 heterocycles. The molecule has 0 bridgehead atoms. The van der Waals surface area contributed by atoms with Gasteiger partial charge in [-0.25, -0.2) is 4.68 Å². The van der Waals surface area contributed by atoms with Crippen LogP contribution in [-0.4, -0.2) is 36.2 Å². The minimum atomic E-state index is -0.0932. The molecule has 0 saturated carbocycles. The lowest BCUT2D eigenvalue weighted by Crippen LogP contribution is -2.18. The number of thioether (sulfide) groups is 1. The third kappa shape index (κ3) is 3.96. The summed E-state index contributed by atoms with van der Waals surface area (Å²) in [7, 11) is 0. The van der Waals surface area contributed by atoms with E-state index in [0.717, 1.165) is 23.1 Å². The number of nitrogens with one attached hydrogen (secondary N) is 1. The first-order chi connectivity index (χ1) is 12.6. The van der Waals surface area contributed by atoms with E-state index in [2.05, 4.69) is 20.6 Å². The van der Waals surface area contributed by atoms with Crippen LogP contribution in [0.15, 0.2) is 47.8 Å². The Balaban J connectivity index is 1.67. The molecule has 0 radical (unpaired) electrons. The van der Waals surface area contributed by atoms with E-state index >= 15 is 0 Å². The summed E-state index contributed by atoms with van der Waals surface area (Å²) >= 11 is 1.38. The largest absolute Gasteiger partial charge is 0.310 e. The zero-order chi connectivity index (χ0) is 18.5. The molecule has 0 unspecified atom stereocenters. The van der Waals surface area contributed by atoms with Gasteiger partial charge in [0, 0.05) is 24.2 Å². The Morgan fingerprint density at radius 3 is 2.65 bits per heavy atom. The first-order valence-electron chi connectivity index (χ1n) is 8.55. The number of hydrogen-bond donors (Lipinski definition) is 1. The van der Waals surface area contributed by atoms with Crippen LogP contribution >= 0.6 is 11.8 Å². The van der Waals surface area contributed by atoms with Crippen LogP contribution in [0.5, 0.6) is 0 Å². The molecule has 3 aromatic rings. The predicted molar refractivity (Wildman–Crippen MR) is 103 cm³/mol. The molecule has 2 aromatic heterocycles. The highest BCUT2D eigenvalue weighted by molar-refractivity contribution is 7.99. The number of aromatic nitrogens is 5. The number of anilines is 1. The van der Waals surface area contributed by atoms with Gasteiger partial charge in [-0.3, -0.25) is 4.79 Å². The average Bonchev–Trinajstić information content (AvgIpc) is 3.27. The molecular weight excluding hydrogens is 348 g/mol. The zero-order valence-corrected chi connectivity index (χ0v) is 15.9. The molecule has 0 atom stereocenters. The van der Waals surface area contributed by atoms with Crippen LogP contribution < -0.4 is 5.32 Å². The molecule has 0 aliphatic heterocycles. The lowest BCUT2D eigenvalue weighted by Gasteiger charge is -2.11. The topological polar surface area (TPSA) is 77.6 Å². The van der Waals surface area contributed by atoms with Crippen LogP contribution in [0.4, 0.5) is 5.82 Å². The maximum atomic E-state index is 12.3. The Kier molecular flexibility index (Phi) is 5.72. The summed E-state index contributed by atoms with van der Waals surface area (Å²) < 4.78 is 3.80. The van der Waals surface area contributed by atoms with E-state index in [0.29, 0.717) is 5.82 Å². The van der Waals surface area contributed by atoms with Crippen LogP contribution in [0.2, 0.25) is 0 Å². The highest BCUT2D eigenvalue weighted by atomic mass is 32.2. The zero-order valence-electron chi connectivity index (χ0n) is 15.1. The molecule has 0 aliphatic rings. The molecule has 1 N–H and O–H groups in total. The lowest BCUT2D eigenvalue weighted by atomic mass is 10.2. The van der Waals surface area contributed by atoms with Crippen molar-refractivity contribution < 1.29 is 4.79 Å². The molecule has 0 spiro atoms. The van der Waals surface area contributed by atoms with Gasteiger partial charge >= 0.3 is 0 Å². The number of hydrogen-bond acceptors (Lipinski definition) is 5. The number of benzene rings is 1. The fraction of sp³-hybridized carbons (Fsp3) is 0.333. The second-order valence-corrected chi connectivity index (χ2v) is 6.95. The van der Waals surface area contributed by atoms with Gasteiger partial charge in [-0.2, -0.15) is 5.10 Å². The van der Waals surface area contributed by atoms with Crippen LogP contribution in [0.3, 0.4) is 0 Å². The third-order valence-corrected chi connectivity index (χ3v) is 4.79. The molecule has 26 heavy (non-hydrogen) atoms. The van der Waals surface area contributed by atoms with Crippen molar-refractivity contribution in [2.45, 2.75) is 38.5 Å². The Morgan fingerprint density at radius 2 is 1.96 bits per heavy atom. The van der Waals surface area contributed by atoms with Gasteiger partial charge < -0.3 is 9.88 Å². The van der Waals surface area contributed by atoms with Crippen LogP contribution in [0.1, 0.15) is 26.8 Å². The summed E-state index contributed by atoms with van der Waals surface area (Å²) in [5.74, 6) is 1.68. The molecule has 8 heteroatoms. The summed E-state index contributed by atoms with van der Waals surface area (Å²) in [5.41, 5.74) is 1.01. The minimum Gasteiger partial charge on any atom is -0.310 e. The van der Waals surface area contributed by atoms with Gasteiger partial charge in [0.15, 0.2) is 11.0 Å². The van der Waals surface area contributed by atoms with E-state index in [1.165, 1.54) is 11.8 Å². The molecule has 7 nitrogen and oxygen atoms in total. The van der Waals surface area contributed by atoms with Gasteiger partial charge in [0.05, 0.1) is 11.9 Å². The smallest absolute Gasteiger partial charge is 0.235 e. The van der Waals surface area contributed by atoms with Crippen LogP contribution in [0.25, 0.3) is 11.4 Å². The molecule has 0 saturated heterocycles. The number of amides is 1. The first-order valence-corrected chi connectivity index (χ1v) is 9.53. The van der Waals surface area contributed by atoms with Crippen molar-refractivity contribution in [2.75, 3.05) is 11.1 Å². The van der Waals surface area contributed by atoms with Crippen molar-refractivity contribution in [3.8, 4) is 11.4 Å². The summed E-state index contributed by atoms with van der Waals surface area (Å²) in [4.78, 5) is 12.3. The molecule has 3 rings (SSSR count). The average molecular weight is 370 g/mol. The van der Waals surface area contributed by atoms with Crippen molar-refractivity contribution in [3.63, 3.8) is 0 Å². The number of carbonyl (C=O) groups excluding carboxylic acids is 1. The van der Waals surface area contributed by atoms with Crippen molar-refractivity contribution in [1.82, 2.24) is 24.5 Å². The Labute approximate surface area is 156 Å². The normalized spacial score (nSPS) is 11.1. The fourth-order valence-electron chi connectivity index (χ4n) is 2.62. The van der Waals surface area contributed by atoms with Crippen LogP contribution in [-0.2, 0) is 11.3 Å². The molecule has 0 aliphatic carbocycles. The predicted octanol–water partition coefficient (Wildman–Crippen LogP) is 3.47. The number of carbonyl (C=O) groups is 1. The highest BCUT2D eigenvalue weighted by Crippen LogP contribution is 2.24. The van der Waals surface area contributed by atoms with Crippen molar-refractivity contribution in [1.29, 1.82) is 0 Å². The maximum absolute atomic E-state index is 12.3. The standard InChI is InChI=1S/C18H22N6OS/c1-4-23-17(14-8-6-5-7-9-14)21-22-18(23)26-12-16(25)20-15-10-11-19-24(15)13(2)3/h5-11,13H,4,12H2,1-3H3,(H,20,25). The van der Waals surface area contributed by atoms with Crippen molar-refractivity contribution >= 4 is 23.5 Å². The van der Waals surface area contributed by atoms with E-state index in [1.54, 1.807) is 16.9 Å². The number of nitrogens with zero attached hydrogens (tertiary/aromatic N) is 5. The Morgan fingerprint density at radius 1 is 1.19 bits per heavy atom. The monoisotopic (exact) mass is 370 g/mol. The fourth-order valence-corrected chi connectivity index (χ4v) is 3.42. The Bertz CT molecular complexity index is 871. The van der Waals surface area contributed by atoms with Crippen LogP contribution in [0, 0.1) is 0 Å². The van der Waals surface area contributed by atoms with Crippen molar-refractivity contribution in [2.24, 2.45) is 0 Å². The van der Waals surface area contributed by atoms with E-state index in [9.17, 15) is 4.79 Å². The second-order valence-electron chi connectivity index (χ2n) is 6.01. The van der Waals surface area contributed by atoms with E-state index in [1.807, 2.05) is 55.7 Å². The summed E-state index contributed by atoms with van der Waals surface area (Å²) in [6, 6.07) is 11.9. The van der Waals surface area contributed by atoms with Gasteiger partial charge in [-0.05, 0) is 20.8 Å². The molecule has 136 valence electrons. The van der Waals surface area contributed by atoms with Gasteiger partial charge in [0.1, 0.15) is 5.82 Å². The first kappa shape index (κ1) is 18.2. The summed E-state index contributed by atoms with van der Waals surface area (Å²) in [5, 5.41) is 16.4. The number of rotatable bonds is 7. The lowest BCUT2D eigenvalue weighted by molar-refractivity contribution is -0.113. The maximum Gasteiger partial charge on any atom is 0.235 e. The van der Waals surface area contributed by atoms with E-state index < -0.39 is 0 Å². The van der Waals surface area contributed by atoms with E-state index in [-0.39, 0.29) is 17.7 Å². The molecule has 1 aromatic carbocycles. The summed E-state index contributed by atoms with van der Waals surface area (Å²) in [6.07, 6.45) is 1.68. The van der Waals surface area contributed by atoms with E-state index in [4.69, 9.17) is 0 Å². The summed E-state index contributed by atoms with van der Waals surface area (Å²) in [6.45, 7) is 6.82. The van der Waals surface area contributed by atoms with Crippen molar-refractivity contribution in [3.05, 3.63) is 42.6 Å². The third-order valence-electron chi connectivity index (χ3n) is 3.82. The van der Waals surface area contributed by atoms with Gasteiger partial charge in [-0.15, -0.1) is 10.2 Å². The molecule has 1 amide bonds. The van der Waals surface area contributed by atoms with Gasteiger partial charge in [-0.1, -0.05) is 42.1 Å². The van der Waals surface area contributed by atoms with Gasteiger partial charge in [0.2, 0.25) is 5.91 Å². The minimum absolute atomic E-state index is 0.0932. The highest BCUT2D eigenvalue weighted by Gasteiger charge is 2.15. The molecular formula is C18H22N6OS. The van der Waals surface area contributed by atoms with Gasteiger partial charge in [0.25, 0.3) is 0 Å². The second kappa shape index (κ2) is 8.18. The quantitative estimate of drug-likeness (QED) is 0.644. The SMILES string of the molecule is CCn1c(SCC(=O)Nc2ccnn2C(C)C)nnc1-c1ccccc1. The Hall–Kier alpha value is -2.61.